The third-order valence-electron chi connectivity index (χ3n) is 3.95. The summed E-state index contributed by atoms with van der Waals surface area (Å²) in [5, 5.41) is 3.36. The smallest absolute Gasteiger partial charge is 0.253 e. The number of piperidine rings is 1. The summed E-state index contributed by atoms with van der Waals surface area (Å²) in [4.78, 5) is 14.2. The largest absolute Gasteiger partial charge is 0.341 e. The summed E-state index contributed by atoms with van der Waals surface area (Å²) >= 11 is 0. The lowest BCUT2D eigenvalue weighted by atomic mass is 9.97. The monoisotopic (exact) mass is 260 g/mol. The quantitative estimate of drug-likeness (QED) is 0.901. The molecule has 3 nitrogen and oxygen atoms in total. The third-order valence-corrected chi connectivity index (χ3v) is 3.95. The van der Waals surface area contributed by atoms with Gasteiger partial charge in [-0.1, -0.05) is 19.1 Å². The average Bonchev–Trinajstić information content (AvgIpc) is 2.47. The first kappa shape index (κ1) is 14.1. The SMILES string of the molecule is CCc1ccc(C(=O)N(C)CC2CCNCC2)cc1. The van der Waals surface area contributed by atoms with E-state index in [9.17, 15) is 4.79 Å². The van der Waals surface area contributed by atoms with Crippen molar-refractivity contribution < 1.29 is 4.79 Å². The van der Waals surface area contributed by atoms with Crippen LogP contribution in [0, 0.1) is 5.92 Å². The van der Waals surface area contributed by atoms with E-state index < -0.39 is 0 Å². The number of carbonyl (C=O) groups is 1. The maximum absolute atomic E-state index is 12.3. The Kier molecular flexibility index (Phi) is 4.97. The Morgan fingerprint density at radius 2 is 1.89 bits per heavy atom. The normalized spacial score (nSPS) is 16.3. The van der Waals surface area contributed by atoms with Crippen molar-refractivity contribution in [2.45, 2.75) is 26.2 Å². The standard InChI is InChI=1S/C16H24N2O/c1-3-13-4-6-15(7-5-13)16(19)18(2)12-14-8-10-17-11-9-14/h4-7,14,17H,3,8-12H2,1-2H3. The molecule has 0 unspecified atom stereocenters. The van der Waals surface area contributed by atoms with Gasteiger partial charge < -0.3 is 10.2 Å². The fraction of sp³-hybridized carbons (Fsp3) is 0.562. The first-order valence-corrected chi connectivity index (χ1v) is 7.26. The molecule has 1 N–H and O–H groups in total. The van der Waals surface area contributed by atoms with Gasteiger partial charge in [-0.15, -0.1) is 0 Å². The molecule has 0 aliphatic carbocycles. The highest BCUT2D eigenvalue weighted by Gasteiger charge is 2.18. The average molecular weight is 260 g/mol. The van der Waals surface area contributed by atoms with Gasteiger partial charge in [-0.25, -0.2) is 0 Å². The summed E-state index contributed by atoms with van der Waals surface area (Å²) in [7, 11) is 1.91. The van der Waals surface area contributed by atoms with Crippen LogP contribution < -0.4 is 5.32 Å². The maximum Gasteiger partial charge on any atom is 0.253 e. The van der Waals surface area contributed by atoms with Gasteiger partial charge in [0.15, 0.2) is 0 Å². The number of aryl methyl sites for hydroxylation is 1. The van der Waals surface area contributed by atoms with Crippen LogP contribution in [0.1, 0.15) is 35.7 Å². The molecule has 1 aliphatic heterocycles. The predicted molar refractivity (Wildman–Crippen MR) is 78.4 cm³/mol. The van der Waals surface area contributed by atoms with Crippen molar-refractivity contribution >= 4 is 5.91 Å². The van der Waals surface area contributed by atoms with E-state index >= 15 is 0 Å². The van der Waals surface area contributed by atoms with E-state index in [1.165, 1.54) is 18.4 Å². The van der Waals surface area contributed by atoms with E-state index in [-0.39, 0.29) is 5.91 Å². The minimum atomic E-state index is 0.140. The van der Waals surface area contributed by atoms with Crippen molar-refractivity contribution in [1.29, 1.82) is 0 Å². The number of rotatable bonds is 4. The number of nitrogens with zero attached hydrogens (tertiary/aromatic N) is 1. The lowest BCUT2D eigenvalue weighted by molar-refractivity contribution is 0.0763. The summed E-state index contributed by atoms with van der Waals surface area (Å²) in [6, 6.07) is 7.98. The van der Waals surface area contributed by atoms with Gasteiger partial charge >= 0.3 is 0 Å². The zero-order chi connectivity index (χ0) is 13.7. The molecule has 0 bridgehead atoms. The Balaban J connectivity index is 1.93. The summed E-state index contributed by atoms with van der Waals surface area (Å²) in [5.74, 6) is 0.784. The molecule has 1 fully saturated rings. The molecule has 0 aromatic heterocycles. The van der Waals surface area contributed by atoms with E-state index in [1.54, 1.807) is 0 Å². The molecule has 3 heteroatoms. The molecular formula is C16H24N2O. The molecule has 0 spiro atoms. The minimum absolute atomic E-state index is 0.140. The minimum Gasteiger partial charge on any atom is -0.341 e. The van der Waals surface area contributed by atoms with Gasteiger partial charge in [0.1, 0.15) is 0 Å². The van der Waals surface area contributed by atoms with Crippen molar-refractivity contribution in [3.05, 3.63) is 35.4 Å². The van der Waals surface area contributed by atoms with Crippen LogP contribution in [0.4, 0.5) is 0 Å². The van der Waals surface area contributed by atoms with Crippen molar-refractivity contribution in [2.24, 2.45) is 5.92 Å². The summed E-state index contributed by atoms with van der Waals surface area (Å²) < 4.78 is 0. The lowest BCUT2D eigenvalue weighted by Gasteiger charge is -2.27. The Bertz CT molecular complexity index is 407. The maximum atomic E-state index is 12.3. The fourth-order valence-electron chi connectivity index (χ4n) is 2.64. The highest BCUT2D eigenvalue weighted by molar-refractivity contribution is 5.94. The number of hydrogen-bond donors (Lipinski definition) is 1. The van der Waals surface area contributed by atoms with Crippen LogP contribution in [0.15, 0.2) is 24.3 Å². The molecule has 1 aliphatic rings. The van der Waals surface area contributed by atoms with Crippen LogP contribution in [0.25, 0.3) is 0 Å². The van der Waals surface area contributed by atoms with Gasteiger partial charge in [0.05, 0.1) is 0 Å². The van der Waals surface area contributed by atoms with Crippen molar-refractivity contribution in [2.75, 3.05) is 26.7 Å². The first-order valence-electron chi connectivity index (χ1n) is 7.26. The summed E-state index contributed by atoms with van der Waals surface area (Å²) in [6.07, 6.45) is 3.36. The molecule has 1 saturated heterocycles. The fourth-order valence-corrected chi connectivity index (χ4v) is 2.64. The molecule has 1 heterocycles. The van der Waals surface area contributed by atoms with Crippen molar-refractivity contribution in [3.63, 3.8) is 0 Å². The van der Waals surface area contributed by atoms with E-state index in [1.807, 2.05) is 36.2 Å². The molecule has 19 heavy (non-hydrogen) atoms. The first-order chi connectivity index (χ1) is 9.20. The zero-order valence-electron chi connectivity index (χ0n) is 12.0. The number of nitrogens with one attached hydrogen (secondary N) is 1. The number of amides is 1. The second-order valence-corrected chi connectivity index (χ2v) is 5.43. The number of benzene rings is 1. The molecule has 0 atom stereocenters. The molecule has 1 aromatic carbocycles. The highest BCUT2D eigenvalue weighted by Crippen LogP contribution is 2.14. The van der Waals surface area contributed by atoms with E-state index in [2.05, 4.69) is 12.2 Å². The molecule has 0 saturated carbocycles. The second-order valence-electron chi connectivity index (χ2n) is 5.43. The Morgan fingerprint density at radius 1 is 1.26 bits per heavy atom. The Hall–Kier alpha value is -1.35. The van der Waals surface area contributed by atoms with Crippen LogP contribution in [0.2, 0.25) is 0 Å². The van der Waals surface area contributed by atoms with Gasteiger partial charge in [-0.05, 0) is 56.0 Å². The van der Waals surface area contributed by atoms with Crippen LogP contribution in [0.3, 0.4) is 0 Å². The van der Waals surface area contributed by atoms with Crippen LogP contribution in [-0.4, -0.2) is 37.5 Å². The number of carbonyl (C=O) groups excluding carboxylic acids is 1. The zero-order valence-corrected chi connectivity index (χ0v) is 12.0. The highest BCUT2D eigenvalue weighted by atomic mass is 16.2. The third kappa shape index (κ3) is 3.80. The lowest BCUT2D eigenvalue weighted by Crippen LogP contribution is -2.37. The van der Waals surface area contributed by atoms with Crippen molar-refractivity contribution in [1.82, 2.24) is 10.2 Å². The molecule has 0 radical (unpaired) electrons. The van der Waals surface area contributed by atoms with Crippen LogP contribution in [0.5, 0.6) is 0 Å². The summed E-state index contributed by atoms with van der Waals surface area (Å²) in [5.41, 5.74) is 2.08. The van der Waals surface area contributed by atoms with Crippen LogP contribution >= 0.6 is 0 Å². The topological polar surface area (TPSA) is 32.3 Å². The summed E-state index contributed by atoms with van der Waals surface area (Å²) in [6.45, 7) is 5.16. The van der Waals surface area contributed by atoms with Crippen LogP contribution in [-0.2, 0) is 6.42 Å². The predicted octanol–water partition coefficient (Wildman–Crippen LogP) is 2.32. The van der Waals surface area contributed by atoms with Gasteiger partial charge in [0.25, 0.3) is 5.91 Å². The molecule has 2 rings (SSSR count). The van der Waals surface area contributed by atoms with Gasteiger partial charge in [0.2, 0.25) is 0 Å². The Morgan fingerprint density at radius 3 is 2.47 bits per heavy atom. The van der Waals surface area contributed by atoms with Gasteiger partial charge in [-0.3, -0.25) is 4.79 Å². The molecule has 1 amide bonds. The molecular weight excluding hydrogens is 236 g/mol. The van der Waals surface area contributed by atoms with Gasteiger partial charge in [-0.2, -0.15) is 0 Å². The van der Waals surface area contributed by atoms with Gasteiger partial charge in [0, 0.05) is 19.2 Å². The Labute approximate surface area is 116 Å². The molecule has 104 valence electrons. The second kappa shape index (κ2) is 6.71. The van der Waals surface area contributed by atoms with E-state index in [0.29, 0.717) is 5.92 Å². The van der Waals surface area contributed by atoms with E-state index in [0.717, 1.165) is 31.6 Å². The number of hydrogen-bond acceptors (Lipinski definition) is 2. The van der Waals surface area contributed by atoms with E-state index in [4.69, 9.17) is 0 Å². The van der Waals surface area contributed by atoms with Crippen molar-refractivity contribution in [3.8, 4) is 0 Å². The molecule has 1 aromatic rings.